The van der Waals surface area contributed by atoms with E-state index in [0.29, 0.717) is 45.4 Å². The van der Waals surface area contributed by atoms with E-state index in [1.165, 1.54) is 27.4 Å². The van der Waals surface area contributed by atoms with Crippen molar-refractivity contribution in [2.24, 2.45) is 0 Å². The van der Waals surface area contributed by atoms with Crippen molar-refractivity contribution in [2.45, 2.75) is 6.92 Å². The number of Topliss-reactive ketones (excluding diaryl/α,β-unsaturated/α-hetero) is 1. The molecule has 0 radical (unpaired) electrons. The van der Waals surface area contributed by atoms with Crippen molar-refractivity contribution in [2.75, 3.05) is 34.5 Å². The second-order valence-electron chi connectivity index (χ2n) is 6.74. The zero-order valence-electron chi connectivity index (χ0n) is 18.4. The summed E-state index contributed by atoms with van der Waals surface area (Å²) >= 11 is 0. The summed E-state index contributed by atoms with van der Waals surface area (Å²) < 4.78 is 32.3. The molecule has 0 atom stereocenters. The van der Waals surface area contributed by atoms with Gasteiger partial charge in [0, 0.05) is 11.6 Å². The number of allylic oxidation sites excluding steroid dienone is 1. The van der Waals surface area contributed by atoms with Crippen molar-refractivity contribution >= 4 is 17.8 Å². The molecule has 0 saturated carbocycles. The molecule has 0 spiro atoms. The average Bonchev–Trinajstić information content (AvgIpc) is 3.11. The third-order valence-corrected chi connectivity index (χ3v) is 4.68. The van der Waals surface area contributed by atoms with Crippen LogP contribution in [0.1, 0.15) is 21.5 Å². The number of carbonyl (C=O) groups is 2. The lowest BCUT2D eigenvalue weighted by Crippen LogP contribution is -2.14. The normalized spacial score (nSPS) is 13.2. The molecule has 0 amide bonds. The highest BCUT2D eigenvalue weighted by Gasteiger charge is 2.31. The number of ether oxygens (including phenoxy) is 6. The molecule has 1 aliphatic heterocycles. The predicted molar refractivity (Wildman–Crippen MR) is 117 cm³/mol. The Morgan fingerprint density at radius 1 is 1.09 bits per heavy atom. The fourth-order valence-corrected chi connectivity index (χ4v) is 3.28. The third kappa shape index (κ3) is 4.54. The van der Waals surface area contributed by atoms with Gasteiger partial charge in [0.05, 0.1) is 26.9 Å². The highest BCUT2D eigenvalue weighted by Crippen LogP contribution is 2.42. The quantitative estimate of drug-likeness (QED) is 0.331. The maximum absolute atomic E-state index is 13.0. The molecule has 0 aliphatic carbocycles. The van der Waals surface area contributed by atoms with Crippen molar-refractivity contribution in [3.8, 4) is 28.7 Å². The summed E-state index contributed by atoms with van der Waals surface area (Å²) in [5, 5.41) is 0. The molecule has 0 saturated heterocycles. The largest absolute Gasteiger partial charge is 0.493 e. The van der Waals surface area contributed by atoms with Gasteiger partial charge in [-0.2, -0.15) is 0 Å². The molecule has 8 heteroatoms. The Labute approximate surface area is 185 Å². The van der Waals surface area contributed by atoms with E-state index < -0.39 is 5.97 Å². The lowest BCUT2D eigenvalue weighted by Gasteiger charge is -2.14. The molecule has 8 nitrogen and oxygen atoms in total. The summed E-state index contributed by atoms with van der Waals surface area (Å²) in [6.45, 7) is 5.08. The minimum atomic E-state index is -0.527. The van der Waals surface area contributed by atoms with Gasteiger partial charge in [-0.3, -0.25) is 4.79 Å². The molecule has 1 heterocycles. The van der Waals surface area contributed by atoms with Crippen LogP contribution in [0.5, 0.6) is 28.7 Å². The molecule has 0 unspecified atom stereocenters. The summed E-state index contributed by atoms with van der Waals surface area (Å²) in [7, 11) is 4.53. The van der Waals surface area contributed by atoms with Crippen LogP contribution in [0.2, 0.25) is 0 Å². The van der Waals surface area contributed by atoms with Crippen LogP contribution in [-0.2, 0) is 9.53 Å². The Balaban J connectivity index is 1.88. The summed E-state index contributed by atoms with van der Waals surface area (Å²) in [6.07, 6.45) is 3.05. The summed E-state index contributed by atoms with van der Waals surface area (Å²) in [4.78, 5) is 24.6. The van der Waals surface area contributed by atoms with Gasteiger partial charge in [-0.15, -0.1) is 0 Å². The first-order valence-electron chi connectivity index (χ1n) is 9.70. The van der Waals surface area contributed by atoms with Crippen molar-refractivity contribution in [3.05, 3.63) is 59.4 Å². The van der Waals surface area contributed by atoms with Crippen LogP contribution >= 0.6 is 0 Å². The van der Waals surface area contributed by atoms with Crippen molar-refractivity contribution in [3.63, 3.8) is 0 Å². The van der Waals surface area contributed by atoms with Crippen LogP contribution in [0.25, 0.3) is 6.08 Å². The molecule has 3 rings (SSSR count). The average molecular weight is 440 g/mol. The smallest absolute Gasteiger partial charge is 0.344 e. The number of carbonyl (C=O) groups excluding carboxylic acids is 2. The molecule has 1 aliphatic rings. The monoisotopic (exact) mass is 440 g/mol. The summed E-state index contributed by atoms with van der Waals surface area (Å²) in [5.41, 5.74) is 1.67. The maximum Gasteiger partial charge on any atom is 0.344 e. The molecule has 2 aromatic rings. The Morgan fingerprint density at radius 2 is 1.84 bits per heavy atom. The van der Waals surface area contributed by atoms with E-state index in [9.17, 15) is 9.59 Å². The van der Waals surface area contributed by atoms with Gasteiger partial charge in [0.1, 0.15) is 18.1 Å². The van der Waals surface area contributed by atoms with Crippen molar-refractivity contribution < 1.29 is 38.0 Å². The van der Waals surface area contributed by atoms with E-state index >= 15 is 0 Å². The highest BCUT2D eigenvalue weighted by atomic mass is 16.6. The van der Waals surface area contributed by atoms with E-state index in [1.807, 2.05) is 0 Å². The molecule has 32 heavy (non-hydrogen) atoms. The van der Waals surface area contributed by atoms with Crippen molar-refractivity contribution in [1.82, 2.24) is 0 Å². The fourth-order valence-electron chi connectivity index (χ4n) is 3.28. The molecule has 0 N–H and O–H groups in total. The number of hydrogen-bond donors (Lipinski definition) is 0. The number of fused-ring (bicyclic) bond motifs is 1. The molecule has 2 aromatic carbocycles. The van der Waals surface area contributed by atoms with E-state index in [2.05, 4.69) is 6.58 Å². The van der Waals surface area contributed by atoms with Crippen LogP contribution in [0.4, 0.5) is 0 Å². The zero-order valence-corrected chi connectivity index (χ0v) is 18.4. The topological polar surface area (TPSA) is 89.5 Å². The van der Waals surface area contributed by atoms with Gasteiger partial charge in [0.2, 0.25) is 11.5 Å². The van der Waals surface area contributed by atoms with Gasteiger partial charge in [0.15, 0.2) is 23.9 Å². The summed E-state index contributed by atoms with van der Waals surface area (Å²) in [5.74, 6) is 1.36. The maximum atomic E-state index is 13.0. The van der Waals surface area contributed by atoms with Gasteiger partial charge in [0.25, 0.3) is 0 Å². The van der Waals surface area contributed by atoms with E-state index in [-0.39, 0.29) is 24.8 Å². The first-order valence-corrected chi connectivity index (χ1v) is 9.70. The second-order valence-corrected chi connectivity index (χ2v) is 6.74. The van der Waals surface area contributed by atoms with Crippen LogP contribution in [-0.4, -0.2) is 46.3 Å². The fraction of sp³-hybridized carbons (Fsp3) is 0.250. The molecule has 0 fully saturated rings. The van der Waals surface area contributed by atoms with Crippen LogP contribution in [0.3, 0.4) is 0 Å². The predicted octanol–water partition coefficient (Wildman–Crippen LogP) is 3.75. The Hall–Kier alpha value is -3.94. The van der Waals surface area contributed by atoms with Crippen molar-refractivity contribution in [1.29, 1.82) is 0 Å². The number of hydrogen-bond acceptors (Lipinski definition) is 8. The first kappa shape index (κ1) is 22.7. The highest BCUT2D eigenvalue weighted by molar-refractivity contribution is 6.15. The standard InChI is InChI=1S/C24H24O8/c1-6-9-30-20(25)13-31-16-10-14(2)21-18(12-16)32-19(22(21)26)11-15-7-8-17(27-3)24(29-5)23(15)28-4/h6-8,10-12H,1,9,13H2,2-5H3/b19-11-. The number of aryl methyl sites for hydroxylation is 1. The van der Waals surface area contributed by atoms with Gasteiger partial charge >= 0.3 is 5.97 Å². The Kier molecular flexibility index (Phi) is 7.04. The van der Waals surface area contributed by atoms with E-state index in [4.69, 9.17) is 28.4 Å². The van der Waals surface area contributed by atoms with Gasteiger partial charge in [-0.1, -0.05) is 12.7 Å². The molecule has 168 valence electrons. The van der Waals surface area contributed by atoms with Crippen LogP contribution in [0.15, 0.2) is 42.7 Å². The number of methoxy groups -OCH3 is 3. The Morgan fingerprint density at radius 3 is 2.50 bits per heavy atom. The molecular formula is C24H24O8. The lowest BCUT2D eigenvalue weighted by atomic mass is 10.0. The number of esters is 1. The minimum Gasteiger partial charge on any atom is -0.493 e. The third-order valence-electron chi connectivity index (χ3n) is 4.68. The first-order chi connectivity index (χ1) is 15.4. The second kappa shape index (κ2) is 9.91. The minimum absolute atomic E-state index is 0.108. The number of benzene rings is 2. The summed E-state index contributed by atoms with van der Waals surface area (Å²) in [6, 6.07) is 6.68. The Bertz CT molecular complexity index is 1080. The van der Waals surface area contributed by atoms with Gasteiger partial charge in [-0.05, 0) is 36.8 Å². The zero-order chi connectivity index (χ0) is 23.3. The lowest BCUT2D eigenvalue weighted by molar-refractivity contribution is -0.144. The molecule has 0 bridgehead atoms. The van der Waals surface area contributed by atoms with Crippen LogP contribution < -0.4 is 23.7 Å². The van der Waals surface area contributed by atoms with Crippen LogP contribution in [0, 0.1) is 6.92 Å². The van der Waals surface area contributed by atoms with E-state index in [1.54, 1.807) is 37.3 Å². The number of rotatable bonds is 9. The van der Waals surface area contributed by atoms with Gasteiger partial charge < -0.3 is 28.4 Å². The number of ketones is 1. The van der Waals surface area contributed by atoms with E-state index in [0.717, 1.165) is 0 Å². The molecule has 0 aromatic heterocycles. The molecular weight excluding hydrogens is 416 g/mol. The van der Waals surface area contributed by atoms with Gasteiger partial charge in [-0.25, -0.2) is 4.79 Å². The SMILES string of the molecule is C=CCOC(=O)COc1cc(C)c2c(c1)O/C(=C\c1ccc(OC)c(OC)c1OC)C2=O.